The van der Waals surface area contributed by atoms with Crippen LogP contribution < -0.4 is 20.1 Å². The number of halogens is 2. The van der Waals surface area contributed by atoms with Crippen molar-refractivity contribution in [2.45, 2.75) is 13.5 Å². The van der Waals surface area contributed by atoms with Crippen molar-refractivity contribution in [3.63, 3.8) is 0 Å². The number of alkyl halides is 2. The van der Waals surface area contributed by atoms with Gasteiger partial charge in [0.15, 0.2) is 18.1 Å². The number of benzene rings is 2. The van der Waals surface area contributed by atoms with Gasteiger partial charge in [-0.2, -0.15) is 8.78 Å². The number of carbonyl (C=O) groups is 3. The van der Waals surface area contributed by atoms with Gasteiger partial charge in [0.05, 0.1) is 7.11 Å². The zero-order chi connectivity index (χ0) is 22.1. The molecule has 0 aromatic heterocycles. The Morgan fingerprint density at radius 3 is 2.50 bits per heavy atom. The maximum absolute atomic E-state index is 12.7. The maximum atomic E-state index is 12.7. The lowest BCUT2D eigenvalue weighted by Crippen LogP contribution is -2.23. The predicted octanol–water partition coefficient (Wildman–Crippen LogP) is 2.84. The summed E-state index contributed by atoms with van der Waals surface area (Å²) in [5.74, 6) is -2.61. The summed E-state index contributed by atoms with van der Waals surface area (Å²) in [5, 5.41) is 5.12. The van der Waals surface area contributed by atoms with Crippen LogP contribution in [0, 0.1) is 0 Å². The van der Waals surface area contributed by atoms with Gasteiger partial charge in [-0.15, -0.1) is 0 Å². The number of para-hydroxylation sites is 1. The van der Waals surface area contributed by atoms with E-state index in [0.717, 1.165) is 0 Å². The van der Waals surface area contributed by atoms with Crippen molar-refractivity contribution in [1.82, 2.24) is 5.32 Å². The van der Waals surface area contributed by atoms with E-state index in [1.54, 1.807) is 25.1 Å². The summed E-state index contributed by atoms with van der Waals surface area (Å²) in [7, 11) is 1.23. The molecule has 0 fully saturated rings. The number of hydrogen-bond acceptors (Lipinski definition) is 6. The second-order valence-electron chi connectivity index (χ2n) is 5.78. The van der Waals surface area contributed by atoms with Crippen molar-refractivity contribution in [3.05, 3.63) is 53.6 Å². The molecule has 0 aliphatic rings. The minimum atomic E-state index is -3.19. The normalized spacial score (nSPS) is 10.3. The molecule has 10 heteroatoms. The Hall–Kier alpha value is -3.69. The number of anilines is 1. The number of amides is 2. The van der Waals surface area contributed by atoms with E-state index in [9.17, 15) is 23.2 Å². The largest absolute Gasteiger partial charge is 0.493 e. The SMILES string of the molecule is CCNC(=O)c1cccc(NC(=O)COC(=O)c2cccc(OC)c2OC(F)F)c1. The number of nitrogens with one attached hydrogen (secondary N) is 2. The lowest BCUT2D eigenvalue weighted by molar-refractivity contribution is -0.119. The van der Waals surface area contributed by atoms with Gasteiger partial charge in [-0.25, -0.2) is 4.79 Å². The fraction of sp³-hybridized carbons (Fsp3) is 0.250. The Balaban J connectivity index is 2.03. The Morgan fingerprint density at radius 1 is 1.10 bits per heavy atom. The molecule has 8 nitrogen and oxygen atoms in total. The first-order valence-electron chi connectivity index (χ1n) is 8.82. The van der Waals surface area contributed by atoms with Gasteiger partial charge < -0.3 is 24.8 Å². The predicted molar refractivity (Wildman–Crippen MR) is 103 cm³/mol. The summed E-state index contributed by atoms with van der Waals surface area (Å²) < 4.78 is 39.5. The number of rotatable bonds is 9. The van der Waals surface area contributed by atoms with E-state index in [2.05, 4.69) is 15.4 Å². The van der Waals surface area contributed by atoms with Crippen LogP contribution in [0.1, 0.15) is 27.6 Å². The summed E-state index contributed by atoms with van der Waals surface area (Å²) in [4.78, 5) is 36.2. The Morgan fingerprint density at radius 2 is 1.83 bits per heavy atom. The molecule has 0 aliphatic carbocycles. The summed E-state index contributed by atoms with van der Waals surface area (Å²) in [6, 6.07) is 10.1. The lowest BCUT2D eigenvalue weighted by atomic mass is 10.2. The quantitative estimate of drug-likeness (QED) is 0.603. The zero-order valence-corrected chi connectivity index (χ0v) is 16.2. The first kappa shape index (κ1) is 22.6. The summed E-state index contributed by atoms with van der Waals surface area (Å²) >= 11 is 0. The highest BCUT2D eigenvalue weighted by molar-refractivity contribution is 5.99. The van der Waals surface area contributed by atoms with Gasteiger partial charge in [-0.05, 0) is 37.3 Å². The Labute approximate surface area is 171 Å². The first-order valence-corrected chi connectivity index (χ1v) is 8.82. The number of carbonyl (C=O) groups excluding carboxylic acids is 3. The topological polar surface area (TPSA) is 103 Å². The van der Waals surface area contributed by atoms with Crippen LogP contribution in [0.15, 0.2) is 42.5 Å². The van der Waals surface area contributed by atoms with Crippen molar-refractivity contribution < 1.29 is 37.4 Å². The molecule has 0 radical (unpaired) electrons. The van der Waals surface area contributed by atoms with Gasteiger partial charge in [-0.3, -0.25) is 9.59 Å². The third-order valence-corrected chi connectivity index (χ3v) is 3.71. The van der Waals surface area contributed by atoms with Crippen LogP contribution in [0.5, 0.6) is 11.5 Å². The van der Waals surface area contributed by atoms with Crippen LogP contribution in [0.4, 0.5) is 14.5 Å². The van der Waals surface area contributed by atoms with Gasteiger partial charge in [0, 0.05) is 17.8 Å². The molecule has 0 saturated heterocycles. The Bertz CT molecular complexity index is 920. The first-order chi connectivity index (χ1) is 14.3. The molecular formula is C20H20F2N2O6. The van der Waals surface area contributed by atoms with Crippen LogP contribution >= 0.6 is 0 Å². The van der Waals surface area contributed by atoms with Gasteiger partial charge in [0.2, 0.25) is 0 Å². The number of hydrogen-bond donors (Lipinski definition) is 2. The molecule has 0 unspecified atom stereocenters. The zero-order valence-electron chi connectivity index (χ0n) is 16.2. The number of esters is 1. The summed E-state index contributed by atoms with van der Waals surface area (Å²) in [6.45, 7) is -1.64. The lowest BCUT2D eigenvalue weighted by Gasteiger charge is -2.14. The Kier molecular flexibility index (Phi) is 8.09. The van der Waals surface area contributed by atoms with Gasteiger partial charge in [-0.1, -0.05) is 12.1 Å². The molecule has 30 heavy (non-hydrogen) atoms. The third-order valence-electron chi connectivity index (χ3n) is 3.71. The highest BCUT2D eigenvalue weighted by atomic mass is 19.3. The van der Waals surface area contributed by atoms with E-state index in [1.807, 2.05) is 0 Å². The molecule has 0 saturated carbocycles. The van der Waals surface area contributed by atoms with Crippen molar-refractivity contribution in [3.8, 4) is 11.5 Å². The van der Waals surface area contributed by atoms with Gasteiger partial charge in [0.1, 0.15) is 5.56 Å². The van der Waals surface area contributed by atoms with E-state index in [1.165, 1.54) is 31.4 Å². The molecule has 2 N–H and O–H groups in total. The van der Waals surface area contributed by atoms with Gasteiger partial charge in [0.25, 0.3) is 11.8 Å². The van der Waals surface area contributed by atoms with Gasteiger partial charge >= 0.3 is 12.6 Å². The second kappa shape index (κ2) is 10.7. The third kappa shape index (κ3) is 6.16. The fourth-order valence-electron chi connectivity index (χ4n) is 2.45. The van der Waals surface area contributed by atoms with E-state index in [4.69, 9.17) is 9.47 Å². The average Bonchev–Trinajstić information content (AvgIpc) is 2.72. The molecule has 160 valence electrons. The molecule has 0 atom stereocenters. The standard InChI is InChI=1S/C20H20F2N2O6/c1-3-23-18(26)12-6-4-7-13(10-12)24-16(25)11-29-19(27)14-8-5-9-15(28-2)17(14)30-20(21)22/h4-10,20H,3,11H2,1-2H3,(H,23,26)(H,24,25). The van der Waals surface area contributed by atoms with E-state index in [-0.39, 0.29) is 17.2 Å². The summed E-state index contributed by atoms with van der Waals surface area (Å²) in [5.41, 5.74) is 0.348. The van der Waals surface area contributed by atoms with E-state index < -0.39 is 30.8 Å². The maximum Gasteiger partial charge on any atom is 0.387 e. The molecule has 2 aromatic carbocycles. The molecule has 0 spiro atoms. The van der Waals surface area contributed by atoms with Crippen molar-refractivity contribution in [2.75, 3.05) is 25.6 Å². The molecule has 0 heterocycles. The molecule has 2 amide bonds. The molecule has 0 bridgehead atoms. The number of methoxy groups -OCH3 is 1. The molecular weight excluding hydrogens is 402 g/mol. The van der Waals surface area contributed by atoms with E-state index in [0.29, 0.717) is 17.8 Å². The average molecular weight is 422 g/mol. The van der Waals surface area contributed by atoms with E-state index >= 15 is 0 Å². The molecule has 2 rings (SSSR count). The highest BCUT2D eigenvalue weighted by Gasteiger charge is 2.22. The highest BCUT2D eigenvalue weighted by Crippen LogP contribution is 2.32. The van der Waals surface area contributed by atoms with Crippen LogP contribution in [0.3, 0.4) is 0 Å². The van der Waals surface area contributed by atoms with Crippen molar-refractivity contribution >= 4 is 23.5 Å². The van der Waals surface area contributed by atoms with Crippen LogP contribution in [0.2, 0.25) is 0 Å². The smallest absolute Gasteiger partial charge is 0.387 e. The van der Waals surface area contributed by atoms with Crippen LogP contribution in [-0.2, 0) is 9.53 Å². The minimum absolute atomic E-state index is 0.0867. The van der Waals surface area contributed by atoms with Crippen molar-refractivity contribution in [1.29, 1.82) is 0 Å². The van der Waals surface area contributed by atoms with Crippen LogP contribution in [0.25, 0.3) is 0 Å². The molecule has 0 aliphatic heterocycles. The fourth-order valence-corrected chi connectivity index (χ4v) is 2.45. The second-order valence-corrected chi connectivity index (χ2v) is 5.78. The van der Waals surface area contributed by atoms with Crippen molar-refractivity contribution in [2.24, 2.45) is 0 Å². The summed E-state index contributed by atoms with van der Waals surface area (Å²) in [6.07, 6.45) is 0. The minimum Gasteiger partial charge on any atom is -0.493 e. The number of ether oxygens (including phenoxy) is 3. The monoisotopic (exact) mass is 422 g/mol. The van der Waals surface area contributed by atoms with Crippen LogP contribution in [-0.4, -0.2) is 44.7 Å². The molecule has 2 aromatic rings.